The number of aliphatic imine (C=N–C) groups is 1. The van der Waals surface area contributed by atoms with E-state index < -0.39 is 0 Å². The van der Waals surface area contributed by atoms with Gasteiger partial charge >= 0.3 is 0 Å². The van der Waals surface area contributed by atoms with Gasteiger partial charge in [0.15, 0.2) is 5.82 Å². The van der Waals surface area contributed by atoms with Gasteiger partial charge in [-0.2, -0.15) is 4.98 Å². The van der Waals surface area contributed by atoms with Crippen molar-refractivity contribution >= 4 is 24.4 Å². The molecule has 1 aliphatic rings. The predicted octanol–water partition coefficient (Wildman–Crippen LogP) is 5.12. The Hall–Kier alpha value is -3.05. The Morgan fingerprint density at radius 1 is 1.03 bits per heavy atom. The van der Waals surface area contributed by atoms with E-state index in [1.54, 1.807) is 4.68 Å². The normalized spacial score (nSPS) is 16.0. The number of nitrogens with zero attached hydrogens (tertiary/aromatic N) is 4. The Balaban J connectivity index is 1.56. The van der Waals surface area contributed by atoms with Crippen LogP contribution in [-0.2, 0) is 5.54 Å². The maximum atomic E-state index is 6.41. The molecule has 1 fully saturated rings. The lowest BCUT2D eigenvalue weighted by molar-refractivity contribution is 0.253. The molecular weight excluding hydrogens is 358 g/mol. The zero-order valence-corrected chi connectivity index (χ0v) is 17.0. The summed E-state index contributed by atoms with van der Waals surface area (Å²) >= 11 is 0. The van der Waals surface area contributed by atoms with E-state index in [1.165, 1.54) is 12.0 Å². The highest BCUT2D eigenvalue weighted by atomic mass is 15.4. The van der Waals surface area contributed by atoms with Gasteiger partial charge < -0.3 is 5.73 Å². The molecule has 1 heterocycles. The summed E-state index contributed by atoms with van der Waals surface area (Å²) in [7, 11) is 0. The zero-order chi connectivity index (χ0) is 20.3. The molecule has 0 radical (unpaired) electrons. The molecule has 29 heavy (non-hydrogen) atoms. The minimum atomic E-state index is -0.135. The Bertz CT molecular complexity index is 1010. The average Bonchev–Trinajstić information content (AvgIpc) is 3.14. The molecule has 0 aliphatic heterocycles. The molecule has 0 spiro atoms. The summed E-state index contributed by atoms with van der Waals surface area (Å²) in [6.45, 7) is 4.16. The molecule has 2 aromatic carbocycles. The molecule has 0 atom stereocenters. The van der Waals surface area contributed by atoms with E-state index >= 15 is 0 Å². The second kappa shape index (κ2) is 8.13. The largest absolute Gasteiger partial charge is 0.321 e. The number of rotatable bonds is 6. The lowest BCUT2D eigenvalue weighted by atomic mass is 9.73. The molecule has 2 N–H and O–H groups in total. The Morgan fingerprint density at radius 3 is 2.38 bits per heavy atom. The smallest absolute Gasteiger partial charge is 0.252 e. The molecule has 0 bridgehead atoms. The highest BCUT2D eigenvalue weighted by Gasteiger charge is 2.33. The molecule has 4 rings (SSSR count). The molecule has 3 aromatic rings. The van der Waals surface area contributed by atoms with E-state index in [0.717, 1.165) is 29.8 Å². The fraction of sp³-hybridized carbons (Fsp3) is 0.292. The second-order valence-corrected chi connectivity index (χ2v) is 7.99. The molecule has 0 saturated heterocycles. The number of hydrogen-bond donors (Lipinski definition) is 1. The van der Waals surface area contributed by atoms with Crippen LogP contribution in [0, 0.1) is 0 Å². The molecule has 1 aliphatic carbocycles. The van der Waals surface area contributed by atoms with E-state index in [2.05, 4.69) is 53.2 Å². The molecule has 0 unspecified atom stereocenters. The van der Waals surface area contributed by atoms with Crippen molar-refractivity contribution in [1.29, 1.82) is 0 Å². The minimum Gasteiger partial charge on any atom is -0.321 e. The number of benzene rings is 2. The average molecular weight is 386 g/mol. The first-order valence-electron chi connectivity index (χ1n) is 10.2. The van der Waals surface area contributed by atoms with Crippen molar-refractivity contribution in [2.45, 2.75) is 44.6 Å². The highest BCUT2D eigenvalue weighted by molar-refractivity contribution is 5.81. The summed E-state index contributed by atoms with van der Waals surface area (Å²) in [6, 6.07) is 18.5. The van der Waals surface area contributed by atoms with E-state index in [-0.39, 0.29) is 11.5 Å². The van der Waals surface area contributed by atoms with Crippen molar-refractivity contribution in [3.63, 3.8) is 0 Å². The fourth-order valence-electron chi connectivity index (χ4n) is 3.36. The van der Waals surface area contributed by atoms with Gasteiger partial charge in [-0.1, -0.05) is 68.4 Å². The summed E-state index contributed by atoms with van der Waals surface area (Å²) in [6.07, 6.45) is 9.08. The molecule has 5 nitrogen and oxygen atoms in total. The zero-order valence-electron chi connectivity index (χ0n) is 17.0. The van der Waals surface area contributed by atoms with E-state index in [4.69, 9.17) is 5.73 Å². The van der Waals surface area contributed by atoms with Crippen LogP contribution in [0.5, 0.6) is 0 Å². The Morgan fingerprint density at radius 2 is 1.76 bits per heavy atom. The lowest BCUT2D eigenvalue weighted by Crippen LogP contribution is -2.43. The first-order chi connectivity index (χ1) is 14.0. The quantitative estimate of drug-likeness (QED) is 0.599. The van der Waals surface area contributed by atoms with Crippen LogP contribution in [0.1, 0.15) is 61.5 Å². The summed E-state index contributed by atoms with van der Waals surface area (Å²) in [4.78, 5) is 9.20. The maximum absolute atomic E-state index is 6.41. The van der Waals surface area contributed by atoms with Crippen LogP contribution in [0.25, 0.3) is 12.3 Å². The van der Waals surface area contributed by atoms with Gasteiger partial charge in [-0.3, -0.25) is 0 Å². The van der Waals surface area contributed by atoms with Crippen LogP contribution in [-0.4, -0.2) is 21.0 Å². The van der Waals surface area contributed by atoms with Gasteiger partial charge in [0.25, 0.3) is 5.95 Å². The third-order valence-electron chi connectivity index (χ3n) is 5.41. The van der Waals surface area contributed by atoms with Gasteiger partial charge in [-0.05, 0) is 42.0 Å². The molecule has 148 valence electrons. The van der Waals surface area contributed by atoms with Crippen LogP contribution in [0.2, 0.25) is 0 Å². The second-order valence-electron chi connectivity index (χ2n) is 7.99. The van der Waals surface area contributed by atoms with Gasteiger partial charge in [0, 0.05) is 23.9 Å². The lowest BCUT2D eigenvalue weighted by Gasteiger charge is -2.38. The van der Waals surface area contributed by atoms with Crippen molar-refractivity contribution in [2.75, 3.05) is 0 Å². The molecule has 1 saturated carbocycles. The maximum Gasteiger partial charge on any atom is 0.252 e. The predicted molar refractivity (Wildman–Crippen MR) is 119 cm³/mol. The SMILES string of the molecule is CC(C)c1nc(/N=C/c2ccc(C3(N)CCC3)cc2)n(/C=C/c2ccccc2)n1. The third kappa shape index (κ3) is 4.35. The topological polar surface area (TPSA) is 69.1 Å². The molecule has 1 aromatic heterocycles. The fourth-order valence-corrected chi connectivity index (χ4v) is 3.36. The van der Waals surface area contributed by atoms with Crippen molar-refractivity contribution in [3.05, 3.63) is 77.1 Å². The van der Waals surface area contributed by atoms with Gasteiger partial charge in [0.05, 0.1) is 0 Å². The summed E-state index contributed by atoms with van der Waals surface area (Å²) in [5, 5.41) is 4.59. The van der Waals surface area contributed by atoms with Crippen LogP contribution in [0.15, 0.2) is 59.6 Å². The Kier molecular flexibility index (Phi) is 5.41. The van der Waals surface area contributed by atoms with Gasteiger partial charge in [-0.15, -0.1) is 5.10 Å². The van der Waals surface area contributed by atoms with E-state index in [9.17, 15) is 0 Å². The van der Waals surface area contributed by atoms with Crippen molar-refractivity contribution in [1.82, 2.24) is 14.8 Å². The monoisotopic (exact) mass is 385 g/mol. The first-order valence-corrected chi connectivity index (χ1v) is 10.2. The number of hydrogen-bond acceptors (Lipinski definition) is 4. The molecular formula is C24H27N5. The summed E-state index contributed by atoms with van der Waals surface area (Å²) in [5.41, 5.74) is 9.60. The van der Waals surface area contributed by atoms with Crippen LogP contribution in [0.3, 0.4) is 0 Å². The Labute approximate surface area is 172 Å². The number of nitrogens with two attached hydrogens (primary N) is 1. The van der Waals surface area contributed by atoms with Crippen molar-refractivity contribution in [2.24, 2.45) is 10.7 Å². The molecule has 0 amide bonds. The first kappa shape index (κ1) is 19.3. The summed E-state index contributed by atoms with van der Waals surface area (Å²) in [5.74, 6) is 1.58. The van der Waals surface area contributed by atoms with E-state index in [1.807, 2.05) is 48.8 Å². The van der Waals surface area contributed by atoms with Gasteiger partial charge in [0.1, 0.15) is 0 Å². The standard InChI is InChI=1S/C24H27N5/c1-18(2)22-27-23(29(28-22)16-13-19-7-4-3-5-8-19)26-17-20-9-11-21(12-10-20)24(25)14-6-15-24/h3-5,7-13,16-18H,6,14-15,25H2,1-2H3/b16-13+,26-17+. The van der Waals surface area contributed by atoms with Crippen molar-refractivity contribution in [3.8, 4) is 0 Å². The third-order valence-corrected chi connectivity index (χ3v) is 5.41. The minimum absolute atomic E-state index is 0.135. The number of aromatic nitrogens is 3. The summed E-state index contributed by atoms with van der Waals surface area (Å²) < 4.78 is 1.73. The van der Waals surface area contributed by atoms with Gasteiger partial charge in [0.2, 0.25) is 0 Å². The molecule has 5 heteroatoms. The van der Waals surface area contributed by atoms with Crippen LogP contribution < -0.4 is 5.73 Å². The van der Waals surface area contributed by atoms with Crippen LogP contribution in [0.4, 0.5) is 5.95 Å². The van der Waals surface area contributed by atoms with Crippen LogP contribution >= 0.6 is 0 Å². The van der Waals surface area contributed by atoms with Gasteiger partial charge in [-0.25, -0.2) is 9.67 Å². The van der Waals surface area contributed by atoms with Crippen molar-refractivity contribution < 1.29 is 0 Å². The highest BCUT2D eigenvalue weighted by Crippen LogP contribution is 2.38. The van der Waals surface area contributed by atoms with E-state index in [0.29, 0.717) is 5.95 Å².